The molecule has 23 heavy (non-hydrogen) atoms. The molecule has 118 valence electrons. The number of hydrogen-bond donors (Lipinski definition) is 0. The Morgan fingerprint density at radius 2 is 1.87 bits per heavy atom. The first-order valence-corrected chi connectivity index (χ1v) is 8.78. The monoisotopic (exact) mass is 302 g/mol. The van der Waals surface area contributed by atoms with Crippen molar-refractivity contribution in [1.82, 2.24) is 0 Å². The molecule has 0 heterocycles. The van der Waals surface area contributed by atoms with Crippen LogP contribution < -0.4 is 0 Å². The van der Waals surface area contributed by atoms with Gasteiger partial charge >= 0.3 is 0 Å². The van der Waals surface area contributed by atoms with E-state index in [0.29, 0.717) is 0 Å². The van der Waals surface area contributed by atoms with Crippen LogP contribution in [0.2, 0.25) is 0 Å². The van der Waals surface area contributed by atoms with Gasteiger partial charge in [-0.2, -0.15) is 0 Å². The fraction of sp³-hybridized carbons (Fsp3) is 0.304. The summed E-state index contributed by atoms with van der Waals surface area (Å²) in [5, 5.41) is 0. The zero-order chi connectivity index (χ0) is 16.4. The van der Waals surface area contributed by atoms with Crippen LogP contribution >= 0.6 is 0 Å². The molecule has 2 aromatic carbocycles. The van der Waals surface area contributed by atoms with Crippen molar-refractivity contribution < 1.29 is 0 Å². The smallest absolute Gasteiger partial charge is 0.00196 e. The molecule has 0 radical (unpaired) electrons. The zero-order valence-electron chi connectivity index (χ0n) is 14.5. The standard InChI is InChI=1S/C21H20.C2H6/c1-14-6-3-4-8-18(14)15(2)12-16-7-5-9-20-19(16)11-10-17-13-21(17)20;1-2/h3-11,17,21H,2,12-13H2,1H3;1-2H3. The van der Waals surface area contributed by atoms with Crippen LogP contribution in [0.1, 0.15) is 54.0 Å². The van der Waals surface area contributed by atoms with Crippen LogP contribution in [0.5, 0.6) is 0 Å². The van der Waals surface area contributed by atoms with Gasteiger partial charge < -0.3 is 0 Å². The van der Waals surface area contributed by atoms with Crippen LogP contribution in [0, 0.1) is 12.8 Å². The first kappa shape index (κ1) is 15.8. The molecule has 2 unspecified atom stereocenters. The Balaban J connectivity index is 0.000000753. The van der Waals surface area contributed by atoms with Crippen LogP contribution in [-0.2, 0) is 6.42 Å². The topological polar surface area (TPSA) is 0 Å². The van der Waals surface area contributed by atoms with E-state index in [4.69, 9.17) is 0 Å². The summed E-state index contributed by atoms with van der Waals surface area (Å²) in [4.78, 5) is 0. The Kier molecular flexibility index (Phi) is 4.52. The molecular weight excluding hydrogens is 276 g/mol. The van der Waals surface area contributed by atoms with Gasteiger partial charge in [0.2, 0.25) is 0 Å². The van der Waals surface area contributed by atoms with Gasteiger partial charge in [0, 0.05) is 0 Å². The van der Waals surface area contributed by atoms with Crippen molar-refractivity contribution in [2.75, 3.05) is 0 Å². The molecule has 2 aliphatic carbocycles. The summed E-state index contributed by atoms with van der Waals surface area (Å²) in [6.45, 7) is 10.5. The van der Waals surface area contributed by atoms with Gasteiger partial charge in [0.05, 0.1) is 0 Å². The third kappa shape index (κ3) is 3.03. The number of allylic oxidation sites excluding steroid dienone is 2. The minimum atomic E-state index is 0.789. The first-order chi connectivity index (χ1) is 11.2. The van der Waals surface area contributed by atoms with Crippen LogP contribution in [0.3, 0.4) is 0 Å². The molecule has 2 aromatic rings. The lowest BCUT2D eigenvalue weighted by molar-refractivity contribution is 0.987. The SMILES string of the molecule is C=C(Cc1cccc2c1C=CC1CC21)c1ccccc1C.CC. The largest absolute Gasteiger partial charge is 0.0949 e. The van der Waals surface area contributed by atoms with Gasteiger partial charge in [-0.3, -0.25) is 0 Å². The normalized spacial score (nSPS) is 20.0. The Hall–Kier alpha value is -2.08. The van der Waals surface area contributed by atoms with Gasteiger partial charge in [0.15, 0.2) is 0 Å². The summed E-state index contributed by atoms with van der Waals surface area (Å²) in [7, 11) is 0. The van der Waals surface area contributed by atoms with Crippen molar-refractivity contribution in [2.24, 2.45) is 5.92 Å². The van der Waals surface area contributed by atoms with Crippen molar-refractivity contribution in [2.45, 2.75) is 39.5 Å². The summed E-state index contributed by atoms with van der Waals surface area (Å²) in [6, 6.07) is 15.3. The molecule has 1 fully saturated rings. The van der Waals surface area contributed by atoms with E-state index in [9.17, 15) is 0 Å². The predicted molar refractivity (Wildman–Crippen MR) is 102 cm³/mol. The highest BCUT2D eigenvalue weighted by atomic mass is 14.4. The molecule has 0 N–H and O–H groups in total. The van der Waals surface area contributed by atoms with Gasteiger partial charge in [-0.05, 0) is 65.0 Å². The highest BCUT2D eigenvalue weighted by Gasteiger charge is 2.39. The number of benzene rings is 2. The highest BCUT2D eigenvalue weighted by Crippen LogP contribution is 2.53. The minimum absolute atomic E-state index is 0.789. The summed E-state index contributed by atoms with van der Waals surface area (Å²) < 4.78 is 0. The average Bonchev–Trinajstić information content (AvgIpc) is 3.37. The molecule has 2 aliphatic rings. The van der Waals surface area contributed by atoms with E-state index in [1.54, 1.807) is 5.56 Å². The van der Waals surface area contributed by atoms with E-state index in [-0.39, 0.29) is 0 Å². The molecule has 4 rings (SSSR count). The summed E-state index contributed by atoms with van der Waals surface area (Å²) in [5.41, 5.74) is 8.24. The maximum absolute atomic E-state index is 4.34. The number of aryl methyl sites for hydroxylation is 1. The minimum Gasteiger partial charge on any atom is -0.0949 e. The van der Waals surface area contributed by atoms with Gasteiger partial charge in [-0.15, -0.1) is 0 Å². The second-order valence-corrected chi connectivity index (χ2v) is 6.38. The molecule has 0 nitrogen and oxygen atoms in total. The third-order valence-electron chi connectivity index (χ3n) is 4.91. The second kappa shape index (κ2) is 6.58. The first-order valence-electron chi connectivity index (χ1n) is 8.78. The fourth-order valence-corrected chi connectivity index (χ4v) is 3.61. The van der Waals surface area contributed by atoms with Crippen LogP contribution in [0.4, 0.5) is 0 Å². The van der Waals surface area contributed by atoms with Gasteiger partial charge in [-0.1, -0.05) is 75.0 Å². The van der Waals surface area contributed by atoms with Crippen molar-refractivity contribution in [3.05, 3.63) is 82.9 Å². The molecule has 0 bridgehead atoms. The molecule has 0 amide bonds. The van der Waals surface area contributed by atoms with E-state index in [2.05, 4.69) is 68.1 Å². The van der Waals surface area contributed by atoms with Crippen LogP contribution in [0.25, 0.3) is 11.6 Å². The van der Waals surface area contributed by atoms with E-state index >= 15 is 0 Å². The number of fused-ring (bicyclic) bond motifs is 3. The Labute approximate surface area is 140 Å². The second-order valence-electron chi connectivity index (χ2n) is 6.38. The third-order valence-corrected chi connectivity index (χ3v) is 4.91. The van der Waals surface area contributed by atoms with E-state index in [0.717, 1.165) is 18.3 Å². The summed E-state index contributed by atoms with van der Waals surface area (Å²) in [5.74, 6) is 1.60. The van der Waals surface area contributed by atoms with Gasteiger partial charge in [0.25, 0.3) is 0 Å². The molecule has 0 saturated heterocycles. The van der Waals surface area contributed by atoms with Crippen molar-refractivity contribution in [1.29, 1.82) is 0 Å². The summed E-state index contributed by atoms with van der Waals surface area (Å²) in [6.07, 6.45) is 7.01. The van der Waals surface area contributed by atoms with Gasteiger partial charge in [0.1, 0.15) is 0 Å². The molecular formula is C23H26. The maximum atomic E-state index is 4.34. The number of rotatable bonds is 3. The van der Waals surface area contributed by atoms with Crippen molar-refractivity contribution in [3.63, 3.8) is 0 Å². The molecule has 0 heteroatoms. The Morgan fingerprint density at radius 1 is 1.09 bits per heavy atom. The molecule has 1 saturated carbocycles. The lowest BCUT2D eigenvalue weighted by Gasteiger charge is -2.16. The molecule has 0 spiro atoms. The van der Waals surface area contributed by atoms with Gasteiger partial charge in [-0.25, -0.2) is 0 Å². The van der Waals surface area contributed by atoms with Crippen LogP contribution in [0.15, 0.2) is 55.1 Å². The Morgan fingerprint density at radius 3 is 2.65 bits per heavy atom. The Bertz CT molecular complexity index is 748. The molecule has 2 atom stereocenters. The number of hydrogen-bond acceptors (Lipinski definition) is 0. The van der Waals surface area contributed by atoms with Crippen LogP contribution in [-0.4, -0.2) is 0 Å². The van der Waals surface area contributed by atoms with Crippen molar-refractivity contribution >= 4 is 11.6 Å². The van der Waals surface area contributed by atoms with Crippen molar-refractivity contribution in [3.8, 4) is 0 Å². The zero-order valence-corrected chi connectivity index (χ0v) is 14.5. The summed E-state index contributed by atoms with van der Waals surface area (Å²) >= 11 is 0. The lowest BCUT2D eigenvalue weighted by atomic mass is 9.88. The van der Waals surface area contributed by atoms with E-state index in [1.807, 2.05) is 13.8 Å². The van der Waals surface area contributed by atoms with E-state index < -0.39 is 0 Å². The lowest BCUT2D eigenvalue weighted by Crippen LogP contribution is -2.00. The fourth-order valence-electron chi connectivity index (χ4n) is 3.61. The quantitative estimate of drug-likeness (QED) is 0.614. The highest BCUT2D eigenvalue weighted by molar-refractivity contribution is 5.72. The van der Waals surface area contributed by atoms with E-state index in [1.165, 1.54) is 34.2 Å². The average molecular weight is 302 g/mol. The molecule has 0 aliphatic heterocycles. The molecule has 0 aromatic heterocycles. The predicted octanol–water partition coefficient (Wildman–Crippen LogP) is 6.41. The maximum Gasteiger partial charge on any atom is -0.00196 e.